The van der Waals surface area contributed by atoms with E-state index >= 15 is 0 Å². The van der Waals surface area contributed by atoms with E-state index in [9.17, 15) is 19.1 Å². The van der Waals surface area contributed by atoms with Gasteiger partial charge < -0.3 is 10.4 Å². The molecule has 132 valence electrons. The Morgan fingerprint density at radius 1 is 1.12 bits per heavy atom. The lowest BCUT2D eigenvalue weighted by Gasteiger charge is -2.25. The van der Waals surface area contributed by atoms with Crippen LogP contribution in [-0.2, 0) is 21.4 Å². The van der Waals surface area contributed by atoms with Gasteiger partial charge in [-0.15, -0.1) is 0 Å². The summed E-state index contributed by atoms with van der Waals surface area (Å²) in [6.07, 6.45) is 0.330. The molecule has 4 nitrogen and oxygen atoms in total. The van der Waals surface area contributed by atoms with E-state index in [0.717, 1.165) is 5.56 Å². The van der Waals surface area contributed by atoms with Crippen LogP contribution in [0.1, 0.15) is 25.0 Å². The van der Waals surface area contributed by atoms with Crippen LogP contribution < -0.4 is 5.32 Å². The molecular weight excluding hydrogens is 321 g/mol. The van der Waals surface area contributed by atoms with Crippen LogP contribution >= 0.6 is 0 Å². The maximum atomic E-state index is 13.4. The van der Waals surface area contributed by atoms with Crippen molar-refractivity contribution < 1.29 is 19.1 Å². The fourth-order valence-corrected chi connectivity index (χ4v) is 2.59. The van der Waals surface area contributed by atoms with Gasteiger partial charge in [-0.25, -0.2) is 4.39 Å². The van der Waals surface area contributed by atoms with Crippen molar-refractivity contribution >= 4 is 11.9 Å². The largest absolute Gasteiger partial charge is 0.481 e. The Morgan fingerprint density at radius 2 is 1.80 bits per heavy atom. The van der Waals surface area contributed by atoms with Gasteiger partial charge >= 0.3 is 5.97 Å². The van der Waals surface area contributed by atoms with Gasteiger partial charge in [0.05, 0.1) is 11.3 Å². The molecule has 0 aliphatic heterocycles. The van der Waals surface area contributed by atoms with Crippen LogP contribution in [0.3, 0.4) is 0 Å². The standard InChI is InChI=1S/C20H22FNO3/c1-20(2,16-9-6-10-17(21)12-16)19(25)22-13-15(18(23)24)11-14-7-4-3-5-8-14/h3-10,12,15H,11,13H2,1-2H3,(H,22,25)(H,23,24). The number of nitrogens with one attached hydrogen (secondary N) is 1. The molecule has 1 unspecified atom stereocenters. The molecule has 1 amide bonds. The highest BCUT2D eigenvalue weighted by molar-refractivity contribution is 5.87. The highest BCUT2D eigenvalue weighted by atomic mass is 19.1. The maximum Gasteiger partial charge on any atom is 0.308 e. The number of carboxylic acids is 1. The van der Waals surface area contributed by atoms with E-state index in [-0.39, 0.29) is 12.5 Å². The van der Waals surface area contributed by atoms with E-state index in [4.69, 9.17) is 0 Å². The lowest BCUT2D eigenvalue weighted by Crippen LogP contribution is -2.43. The van der Waals surface area contributed by atoms with Crippen LogP contribution in [-0.4, -0.2) is 23.5 Å². The molecule has 2 aromatic carbocycles. The molecule has 0 aliphatic rings. The number of rotatable bonds is 7. The van der Waals surface area contributed by atoms with Gasteiger partial charge in [0.15, 0.2) is 0 Å². The van der Waals surface area contributed by atoms with E-state index in [2.05, 4.69) is 5.32 Å². The molecule has 2 rings (SSSR count). The number of halogens is 1. The minimum atomic E-state index is -0.965. The Labute approximate surface area is 146 Å². The summed E-state index contributed by atoms with van der Waals surface area (Å²) in [5, 5.41) is 12.1. The number of hydrogen-bond donors (Lipinski definition) is 2. The Balaban J connectivity index is 2.04. The van der Waals surface area contributed by atoms with Crippen molar-refractivity contribution in [3.63, 3.8) is 0 Å². The first-order chi connectivity index (χ1) is 11.8. The number of carbonyl (C=O) groups excluding carboxylic acids is 1. The van der Waals surface area contributed by atoms with Crippen molar-refractivity contribution in [3.05, 3.63) is 71.5 Å². The van der Waals surface area contributed by atoms with Gasteiger partial charge in [-0.1, -0.05) is 42.5 Å². The highest BCUT2D eigenvalue weighted by Crippen LogP contribution is 2.24. The molecule has 0 saturated heterocycles. The van der Waals surface area contributed by atoms with E-state index in [1.54, 1.807) is 26.0 Å². The molecule has 0 heterocycles. The fourth-order valence-electron chi connectivity index (χ4n) is 2.59. The average Bonchev–Trinajstić information content (AvgIpc) is 2.58. The molecule has 0 fully saturated rings. The van der Waals surface area contributed by atoms with Crippen LogP contribution in [0.5, 0.6) is 0 Å². The van der Waals surface area contributed by atoms with Gasteiger partial charge in [0.25, 0.3) is 0 Å². The number of benzene rings is 2. The first-order valence-corrected chi connectivity index (χ1v) is 8.12. The second-order valence-electron chi connectivity index (χ2n) is 6.57. The second kappa shape index (κ2) is 7.92. The lowest BCUT2D eigenvalue weighted by molar-refractivity contribution is -0.141. The molecule has 0 aromatic heterocycles. The molecule has 2 N–H and O–H groups in total. The smallest absolute Gasteiger partial charge is 0.308 e. The minimum Gasteiger partial charge on any atom is -0.481 e. The van der Waals surface area contributed by atoms with Crippen molar-refractivity contribution in [2.45, 2.75) is 25.7 Å². The van der Waals surface area contributed by atoms with Gasteiger partial charge in [-0.2, -0.15) is 0 Å². The summed E-state index contributed by atoms with van der Waals surface area (Å²) in [5.74, 6) is -2.44. The Hall–Kier alpha value is -2.69. The monoisotopic (exact) mass is 343 g/mol. The molecule has 0 bridgehead atoms. The quantitative estimate of drug-likeness (QED) is 0.811. The summed E-state index contributed by atoms with van der Waals surface area (Å²) in [7, 11) is 0. The SMILES string of the molecule is CC(C)(C(=O)NCC(Cc1ccccc1)C(=O)O)c1cccc(F)c1. The van der Waals surface area contributed by atoms with Gasteiger partial charge in [0.1, 0.15) is 5.82 Å². The maximum absolute atomic E-state index is 13.4. The van der Waals surface area contributed by atoms with E-state index in [1.807, 2.05) is 30.3 Å². The summed E-state index contributed by atoms with van der Waals surface area (Å²) in [6.45, 7) is 3.38. The molecular formula is C20H22FNO3. The fraction of sp³-hybridized carbons (Fsp3) is 0.300. The number of hydrogen-bond acceptors (Lipinski definition) is 2. The van der Waals surface area contributed by atoms with Gasteiger partial charge in [0, 0.05) is 6.54 Å². The topological polar surface area (TPSA) is 66.4 Å². The Bertz CT molecular complexity index is 744. The highest BCUT2D eigenvalue weighted by Gasteiger charge is 2.31. The molecule has 0 radical (unpaired) electrons. The number of carboxylic acid groups (broad SMARTS) is 1. The summed E-state index contributed by atoms with van der Waals surface area (Å²) < 4.78 is 13.4. The predicted octanol–water partition coefficient (Wildman–Crippen LogP) is 3.16. The summed E-state index contributed by atoms with van der Waals surface area (Å²) in [4.78, 5) is 24.0. The van der Waals surface area contributed by atoms with Crippen molar-refractivity contribution in [2.75, 3.05) is 6.54 Å². The lowest BCUT2D eigenvalue weighted by atomic mass is 9.83. The van der Waals surface area contributed by atoms with Gasteiger partial charge in [0.2, 0.25) is 5.91 Å². The van der Waals surface area contributed by atoms with Crippen LogP contribution in [0.15, 0.2) is 54.6 Å². The third-order valence-corrected chi connectivity index (χ3v) is 4.30. The molecule has 0 spiro atoms. The summed E-state index contributed by atoms with van der Waals surface area (Å²) in [5.41, 5.74) is 0.478. The zero-order valence-corrected chi connectivity index (χ0v) is 14.3. The van der Waals surface area contributed by atoms with E-state index in [0.29, 0.717) is 12.0 Å². The molecule has 0 aliphatic carbocycles. The molecule has 25 heavy (non-hydrogen) atoms. The van der Waals surface area contributed by atoms with E-state index < -0.39 is 23.1 Å². The summed E-state index contributed by atoms with van der Waals surface area (Å²) in [6, 6.07) is 15.1. The van der Waals surface area contributed by atoms with Crippen LogP contribution in [0, 0.1) is 11.7 Å². The van der Waals surface area contributed by atoms with Gasteiger partial charge in [-0.05, 0) is 43.5 Å². The zero-order chi connectivity index (χ0) is 18.4. The Morgan fingerprint density at radius 3 is 2.40 bits per heavy atom. The molecule has 0 saturated carbocycles. The van der Waals surface area contributed by atoms with Crippen molar-refractivity contribution in [1.82, 2.24) is 5.32 Å². The predicted molar refractivity (Wildman–Crippen MR) is 93.7 cm³/mol. The first-order valence-electron chi connectivity index (χ1n) is 8.12. The van der Waals surface area contributed by atoms with Gasteiger partial charge in [-0.3, -0.25) is 9.59 Å². The molecule has 1 atom stereocenters. The van der Waals surface area contributed by atoms with Crippen LogP contribution in [0.25, 0.3) is 0 Å². The first kappa shape index (κ1) is 18.6. The Kier molecular flexibility index (Phi) is 5.91. The number of carbonyl (C=O) groups is 2. The van der Waals surface area contributed by atoms with Crippen LogP contribution in [0.4, 0.5) is 4.39 Å². The van der Waals surface area contributed by atoms with E-state index in [1.165, 1.54) is 12.1 Å². The normalized spacial score (nSPS) is 12.4. The average molecular weight is 343 g/mol. The zero-order valence-electron chi connectivity index (χ0n) is 14.3. The van der Waals surface area contributed by atoms with Crippen LogP contribution in [0.2, 0.25) is 0 Å². The third-order valence-electron chi connectivity index (χ3n) is 4.30. The number of aliphatic carboxylic acids is 1. The molecule has 2 aromatic rings. The summed E-state index contributed by atoms with van der Waals surface area (Å²) >= 11 is 0. The van der Waals surface area contributed by atoms with Crippen molar-refractivity contribution in [3.8, 4) is 0 Å². The second-order valence-corrected chi connectivity index (χ2v) is 6.57. The van der Waals surface area contributed by atoms with Crippen molar-refractivity contribution in [2.24, 2.45) is 5.92 Å². The third kappa shape index (κ3) is 4.89. The minimum absolute atomic E-state index is 0.0157. The molecule has 5 heteroatoms. The number of amides is 1. The van der Waals surface area contributed by atoms with Crippen molar-refractivity contribution in [1.29, 1.82) is 0 Å².